The fourth-order valence-corrected chi connectivity index (χ4v) is 1.44. The van der Waals surface area contributed by atoms with E-state index in [-0.39, 0.29) is 12.6 Å². The first-order valence-electron chi connectivity index (χ1n) is 6.34. The van der Waals surface area contributed by atoms with Crippen LogP contribution in [0.1, 0.15) is 32.6 Å². The molecule has 0 aromatic rings. The van der Waals surface area contributed by atoms with Crippen LogP contribution in [-0.2, 0) is 4.74 Å². The van der Waals surface area contributed by atoms with Crippen LogP contribution >= 0.6 is 0 Å². The van der Waals surface area contributed by atoms with E-state index >= 15 is 0 Å². The van der Waals surface area contributed by atoms with Crippen molar-refractivity contribution in [1.29, 1.82) is 0 Å². The Balaban J connectivity index is 4.00. The standard InChI is InChI=1S/C13H21F4NO/c1-3-5-6-7-11(18-8-4-2)9-19-10-13(16,17)12(14)15/h1,11-12,18H,4-10H2,2H3. The van der Waals surface area contributed by atoms with E-state index in [1.54, 1.807) is 0 Å². The molecule has 0 spiro atoms. The zero-order valence-corrected chi connectivity index (χ0v) is 11.1. The maximum Gasteiger partial charge on any atom is 0.330 e. The van der Waals surface area contributed by atoms with Gasteiger partial charge in [0.2, 0.25) is 0 Å². The van der Waals surface area contributed by atoms with Crippen molar-refractivity contribution >= 4 is 0 Å². The molecule has 0 saturated carbocycles. The summed E-state index contributed by atoms with van der Waals surface area (Å²) < 4.78 is 53.8. The Kier molecular flexibility index (Phi) is 9.62. The third-order valence-electron chi connectivity index (χ3n) is 2.49. The summed E-state index contributed by atoms with van der Waals surface area (Å²) in [5, 5.41) is 3.12. The van der Waals surface area contributed by atoms with Crippen LogP contribution in [0.5, 0.6) is 0 Å². The van der Waals surface area contributed by atoms with E-state index in [2.05, 4.69) is 11.2 Å². The van der Waals surface area contributed by atoms with E-state index in [0.29, 0.717) is 12.8 Å². The number of nitrogens with one attached hydrogen (secondary N) is 1. The topological polar surface area (TPSA) is 21.3 Å². The molecular formula is C13H21F4NO. The summed E-state index contributed by atoms with van der Waals surface area (Å²) in [7, 11) is 0. The lowest BCUT2D eigenvalue weighted by molar-refractivity contribution is -0.167. The van der Waals surface area contributed by atoms with Crippen molar-refractivity contribution in [2.24, 2.45) is 0 Å². The lowest BCUT2D eigenvalue weighted by Gasteiger charge is -2.20. The van der Waals surface area contributed by atoms with Crippen molar-refractivity contribution in [3.05, 3.63) is 0 Å². The van der Waals surface area contributed by atoms with Gasteiger partial charge in [-0.05, 0) is 25.8 Å². The molecule has 0 bridgehead atoms. The van der Waals surface area contributed by atoms with Gasteiger partial charge in [-0.15, -0.1) is 12.3 Å². The van der Waals surface area contributed by atoms with E-state index < -0.39 is 19.0 Å². The molecular weight excluding hydrogens is 262 g/mol. The van der Waals surface area contributed by atoms with Crippen molar-refractivity contribution in [3.63, 3.8) is 0 Å². The molecule has 19 heavy (non-hydrogen) atoms. The second kappa shape index (κ2) is 10.0. The number of hydrogen-bond donors (Lipinski definition) is 1. The van der Waals surface area contributed by atoms with Gasteiger partial charge >= 0.3 is 12.3 Å². The van der Waals surface area contributed by atoms with Crippen molar-refractivity contribution < 1.29 is 22.3 Å². The summed E-state index contributed by atoms with van der Waals surface area (Å²) in [6, 6.07) is -0.137. The summed E-state index contributed by atoms with van der Waals surface area (Å²) in [6.45, 7) is 1.41. The van der Waals surface area contributed by atoms with E-state index in [0.717, 1.165) is 19.4 Å². The number of rotatable bonds is 11. The Morgan fingerprint density at radius 3 is 2.58 bits per heavy atom. The third kappa shape index (κ3) is 8.84. The predicted molar refractivity (Wildman–Crippen MR) is 66.5 cm³/mol. The van der Waals surface area contributed by atoms with Crippen LogP contribution in [0, 0.1) is 12.3 Å². The number of hydrogen-bond acceptors (Lipinski definition) is 2. The van der Waals surface area contributed by atoms with Crippen molar-refractivity contribution in [2.75, 3.05) is 19.8 Å². The minimum Gasteiger partial charge on any atom is -0.373 e. The molecule has 6 heteroatoms. The van der Waals surface area contributed by atoms with Crippen molar-refractivity contribution in [1.82, 2.24) is 5.32 Å². The van der Waals surface area contributed by atoms with Crippen LogP contribution in [0.3, 0.4) is 0 Å². The Morgan fingerprint density at radius 1 is 1.37 bits per heavy atom. The number of halogens is 4. The fraction of sp³-hybridized carbons (Fsp3) is 0.846. The molecule has 0 radical (unpaired) electrons. The molecule has 0 aromatic heterocycles. The van der Waals surface area contributed by atoms with Crippen LogP contribution in [0.4, 0.5) is 17.6 Å². The van der Waals surface area contributed by atoms with E-state index in [1.165, 1.54) is 0 Å². The van der Waals surface area contributed by atoms with Crippen LogP contribution in [0.15, 0.2) is 0 Å². The molecule has 0 aliphatic carbocycles. The SMILES string of the molecule is C#CCCCC(COCC(F)(F)C(F)F)NCCC. The third-order valence-corrected chi connectivity index (χ3v) is 2.49. The normalized spacial score (nSPS) is 13.5. The Bertz CT molecular complexity index is 266. The molecule has 0 aliphatic heterocycles. The maximum absolute atomic E-state index is 12.6. The molecule has 1 N–H and O–H groups in total. The first-order valence-corrected chi connectivity index (χ1v) is 6.34. The number of terminal acetylenes is 1. The maximum atomic E-state index is 12.6. The molecule has 0 aliphatic rings. The van der Waals surface area contributed by atoms with Gasteiger partial charge in [0.15, 0.2) is 0 Å². The zero-order valence-electron chi connectivity index (χ0n) is 11.1. The van der Waals surface area contributed by atoms with E-state index in [4.69, 9.17) is 11.2 Å². The number of alkyl halides is 4. The quantitative estimate of drug-likeness (QED) is 0.357. The molecule has 1 atom stereocenters. The highest BCUT2D eigenvalue weighted by Gasteiger charge is 2.41. The van der Waals surface area contributed by atoms with Gasteiger partial charge < -0.3 is 10.1 Å². The van der Waals surface area contributed by atoms with Crippen molar-refractivity contribution in [3.8, 4) is 12.3 Å². The van der Waals surface area contributed by atoms with E-state index in [1.807, 2.05) is 6.92 Å². The second-order valence-corrected chi connectivity index (χ2v) is 4.32. The lowest BCUT2D eigenvalue weighted by atomic mass is 10.1. The summed E-state index contributed by atoms with van der Waals surface area (Å²) in [6.07, 6.45) is 4.32. The van der Waals surface area contributed by atoms with Gasteiger partial charge in [0, 0.05) is 12.5 Å². The highest BCUT2D eigenvalue weighted by Crippen LogP contribution is 2.22. The summed E-state index contributed by atoms with van der Waals surface area (Å²) in [4.78, 5) is 0. The Labute approximate surface area is 111 Å². The average Bonchev–Trinajstić information content (AvgIpc) is 2.35. The van der Waals surface area contributed by atoms with Gasteiger partial charge in [0.25, 0.3) is 0 Å². The Hall–Kier alpha value is -0.800. The molecule has 112 valence electrons. The minimum atomic E-state index is -4.09. The highest BCUT2D eigenvalue weighted by atomic mass is 19.3. The number of ether oxygens (including phenoxy) is 1. The van der Waals surface area contributed by atoms with Crippen LogP contribution in [-0.4, -0.2) is 38.1 Å². The monoisotopic (exact) mass is 283 g/mol. The number of unbranched alkanes of at least 4 members (excludes halogenated alkanes) is 1. The molecule has 1 unspecified atom stereocenters. The smallest absolute Gasteiger partial charge is 0.330 e. The van der Waals surface area contributed by atoms with Gasteiger partial charge in [-0.3, -0.25) is 0 Å². The van der Waals surface area contributed by atoms with Gasteiger partial charge in [-0.2, -0.15) is 8.78 Å². The average molecular weight is 283 g/mol. The summed E-state index contributed by atoms with van der Waals surface area (Å²) in [5.74, 6) is -1.60. The molecule has 0 rings (SSSR count). The van der Waals surface area contributed by atoms with Crippen LogP contribution in [0.25, 0.3) is 0 Å². The fourth-order valence-electron chi connectivity index (χ4n) is 1.44. The molecule has 0 aromatic carbocycles. The Morgan fingerprint density at radius 2 is 2.05 bits per heavy atom. The van der Waals surface area contributed by atoms with Gasteiger partial charge in [0.05, 0.1) is 6.61 Å². The largest absolute Gasteiger partial charge is 0.373 e. The zero-order chi connectivity index (χ0) is 14.7. The summed E-state index contributed by atoms with van der Waals surface area (Å²) >= 11 is 0. The molecule has 2 nitrogen and oxygen atoms in total. The van der Waals surface area contributed by atoms with Gasteiger partial charge in [-0.1, -0.05) is 6.92 Å². The first-order chi connectivity index (χ1) is 8.94. The van der Waals surface area contributed by atoms with Crippen LogP contribution in [0.2, 0.25) is 0 Å². The molecule has 0 saturated heterocycles. The van der Waals surface area contributed by atoms with E-state index in [9.17, 15) is 17.6 Å². The highest BCUT2D eigenvalue weighted by molar-refractivity contribution is 4.84. The second-order valence-electron chi connectivity index (χ2n) is 4.32. The summed E-state index contributed by atoms with van der Waals surface area (Å²) in [5.41, 5.74) is 0. The van der Waals surface area contributed by atoms with Crippen molar-refractivity contribution in [2.45, 2.75) is 51.0 Å². The van der Waals surface area contributed by atoms with Gasteiger partial charge in [0.1, 0.15) is 6.61 Å². The van der Waals surface area contributed by atoms with Crippen LogP contribution < -0.4 is 5.32 Å². The molecule has 0 heterocycles. The lowest BCUT2D eigenvalue weighted by Crippen LogP contribution is -2.38. The first kappa shape index (κ1) is 18.2. The molecule has 0 amide bonds. The van der Waals surface area contributed by atoms with Gasteiger partial charge in [-0.25, -0.2) is 8.78 Å². The minimum absolute atomic E-state index is 0.0210. The predicted octanol–water partition coefficient (Wildman–Crippen LogP) is 3.08. The molecule has 0 fully saturated rings.